The number of H-pyrrole nitrogens is 1. The number of aromatic amines is 1. The molecule has 0 bridgehead atoms. The molecule has 1 unspecified atom stereocenters. The van der Waals surface area contributed by atoms with E-state index in [4.69, 9.17) is 9.47 Å². The standard InChI is InChI=1S/C17H15FN4O3S/c1-8(23)21-14-3-9-10(5-19-11(9)6-20-14)16-17-12(4-15(22-16)26-2)25-13(18)7-24-17/h3-6,13,19H,7H2,1-2H3,(H,20,21,23). The Kier molecular flexibility index (Phi) is 4.15. The smallest absolute Gasteiger partial charge is 0.272 e. The summed E-state index contributed by atoms with van der Waals surface area (Å²) < 4.78 is 24.4. The highest BCUT2D eigenvalue weighted by atomic mass is 32.2. The predicted octanol–water partition coefficient (Wildman–Crippen LogP) is 3.37. The zero-order valence-electron chi connectivity index (χ0n) is 14.0. The molecule has 4 rings (SSSR count). The SMILES string of the molecule is CSc1cc2c(c(-c3c[nH]c4cnc(NC(C)=O)cc34)n1)OCC(F)O2. The van der Waals surface area contributed by atoms with E-state index in [2.05, 4.69) is 20.3 Å². The molecule has 26 heavy (non-hydrogen) atoms. The average Bonchev–Trinajstić information content (AvgIpc) is 3.03. The monoisotopic (exact) mass is 374 g/mol. The minimum absolute atomic E-state index is 0.193. The third-order valence-electron chi connectivity index (χ3n) is 3.86. The first-order chi connectivity index (χ1) is 12.5. The van der Waals surface area contributed by atoms with E-state index in [1.165, 1.54) is 18.7 Å². The molecule has 134 valence electrons. The van der Waals surface area contributed by atoms with Crippen LogP contribution in [0.3, 0.4) is 0 Å². The highest BCUT2D eigenvalue weighted by molar-refractivity contribution is 7.98. The van der Waals surface area contributed by atoms with Gasteiger partial charge in [0.15, 0.2) is 18.1 Å². The molecule has 1 aliphatic rings. The van der Waals surface area contributed by atoms with Gasteiger partial charge in [0.05, 0.1) is 11.7 Å². The molecule has 0 fully saturated rings. The fourth-order valence-electron chi connectivity index (χ4n) is 2.79. The average molecular weight is 374 g/mol. The van der Waals surface area contributed by atoms with Crippen LogP contribution in [0.25, 0.3) is 22.2 Å². The molecule has 1 aliphatic heterocycles. The van der Waals surface area contributed by atoms with Crippen molar-refractivity contribution >= 4 is 34.4 Å². The molecule has 1 atom stereocenters. The van der Waals surface area contributed by atoms with Crippen molar-refractivity contribution in [3.05, 3.63) is 24.5 Å². The predicted molar refractivity (Wildman–Crippen MR) is 96.4 cm³/mol. The number of rotatable bonds is 3. The maximum absolute atomic E-state index is 13.6. The number of pyridine rings is 2. The van der Waals surface area contributed by atoms with Gasteiger partial charge in [-0.25, -0.2) is 9.97 Å². The van der Waals surface area contributed by atoms with Gasteiger partial charge in [0.25, 0.3) is 6.36 Å². The molecule has 9 heteroatoms. The van der Waals surface area contributed by atoms with Gasteiger partial charge in [-0.1, -0.05) is 0 Å². The Morgan fingerprint density at radius 3 is 3.08 bits per heavy atom. The molecule has 1 amide bonds. The van der Waals surface area contributed by atoms with Crippen LogP contribution < -0.4 is 14.8 Å². The molecule has 3 aromatic rings. The number of carbonyl (C=O) groups excluding carboxylic acids is 1. The summed E-state index contributed by atoms with van der Waals surface area (Å²) in [6, 6.07) is 3.42. The Balaban J connectivity index is 1.89. The Bertz CT molecular complexity index is 1010. The highest BCUT2D eigenvalue weighted by Gasteiger charge is 2.26. The first-order valence-electron chi connectivity index (χ1n) is 7.83. The van der Waals surface area contributed by atoms with E-state index in [-0.39, 0.29) is 12.5 Å². The molecule has 0 radical (unpaired) electrons. The molecule has 2 N–H and O–H groups in total. The zero-order chi connectivity index (χ0) is 18.3. The molecule has 7 nitrogen and oxygen atoms in total. The van der Waals surface area contributed by atoms with Crippen LogP contribution in [0.1, 0.15) is 6.92 Å². The van der Waals surface area contributed by atoms with Crippen molar-refractivity contribution in [1.82, 2.24) is 15.0 Å². The van der Waals surface area contributed by atoms with Crippen LogP contribution in [0.15, 0.2) is 29.6 Å². The van der Waals surface area contributed by atoms with Gasteiger partial charge in [-0.05, 0) is 12.3 Å². The first-order valence-corrected chi connectivity index (χ1v) is 9.05. The summed E-state index contributed by atoms with van der Waals surface area (Å²) in [6.45, 7) is 1.23. The van der Waals surface area contributed by atoms with Crippen molar-refractivity contribution in [2.24, 2.45) is 0 Å². The molecule has 3 aromatic heterocycles. The van der Waals surface area contributed by atoms with Crippen LogP contribution in [0, 0.1) is 0 Å². The molecule has 0 saturated carbocycles. The summed E-state index contributed by atoms with van der Waals surface area (Å²) in [5, 5.41) is 4.15. The number of ether oxygens (including phenoxy) is 2. The van der Waals surface area contributed by atoms with Crippen LogP contribution in [-0.4, -0.2) is 40.1 Å². The van der Waals surface area contributed by atoms with Crippen molar-refractivity contribution in [3.8, 4) is 22.8 Å². The zero-order valence-corrected chi connectivity index (χ0v) is 14.8. The fraction of sp³-hybridized carbons (Fsp3) is 0.235. The topological polar surface area (TPSA) is 89.1 Å². The van der Waals surface area contributed by atoms with Gasteiger partial charge in [0.2, 0.25) is 5.91 Å². The van der Waals surface area contributed by atoms with E-state index >= 15 is 0 Å². The van der Waals surface area contributed by atoms with E-state index in [9.17, 15) is 9.18 Å². The first kappa shape index (κ1) is 16.6. The van der Waals surface area contributed by atoms with Gasteiger partial charge in [0, 0.05) is 30.1 Å². The summed E-state index contributed by atoms with van der Waals surface area (Å²) in [4.78, 5) is 23.2. The number of hydrogen-bond acceptors (Lipinski definition) is 6. The lowest BCUT2D eigenvalue weighted by molar-refractivity contribution is -0.114. The lowest BCUT2D eigenvalue weighted by Crippen LogP contribution is -2.25. The Morgan fingerprint density at radius 2 is 2.31 bits per heavy atom. The van der Waals surface area contributed by atoms with Gasteiger partial charge in [0.1, 0.15) is 16.5 Å². The van der Waals surface area contributed by atoms with E-state index in [1.807, 2.05) is 6.26 Å². The Hall–Kier alpha value is -2.81. The van der Waals surface area contributed by atoms with Crippen LogP contribution >= 0.6 is 11.8 Å². The largest absolute Gasteiger partial charge is 0.481 e. The lowest BCUT2D eigenvalue weighted by Gasteiger charge is -2.23. The Labute approximate surface area is 152 Å². The number of hydrogen-bond donors (Lipinski definition) is 2. The Morgan fingerprint density at radius 1 is 1.46 bits per heavy atom. The van der Waals surface area contributed by atoms with Crippen LogP contribution in [-0.2, 0) is 4.79 Å². The number of thioether (sulfide) groups is 1. The van der Waals surface area contributed by atoms with Gasteiger partial charge >= 0.3 is 0 Å². The van der Waals surface area contributed by atoms with Crippen LogP contribution in [0.5, 0.6) is 11.5 Å². The highest BCUT2D eigenvalue weighted by Crippen LogP contribution is 2.43. The van der Waals surface area contributed by atoms with E-state index < -0.39 is 6.36 Å². The summed E-state index contributed by atoms with van der Waals surface area (Å²) in [5.41, 5.74) is 2.08. The van der Waals surface area contributed by atoms with Crippen molar-refractivity contribution in [2.45, 2.75) is 18.3 Å². The number of nitrogens with zero attached hydrogens (tertiary/aromatic N) is 2. The molecule has 0 aliphatic carbocycles. The van der Waals surface area contributed by atoms with E-state index in [1.54, 1.807) is 24.5 Å². The summed E-state index contributed by atoms with van der Waals surface area (Å²) in [6.07, 6.45) is 3.78. The lowest BCUT2D eigenvalue weighted by atomic mass is 10.1. The molecular formula is C17H15FN4O3S. The maximum atomic E-state index is 13.6. The number of nitrogens with one attached hydrogen (secondary N) is 2. The van der Waals surface area contributed by atoms with Crippen LogP contribution in [0.2, 0.25) is 0 Å². The van der Waals surface area contributed by atoms with Crippen molar-refractivity contribution < 1.29 is 18.7 Å². The van der Waals surface area contributed by atoms with Crippen molar-refractivity contribution in [1.29, 1.82) is 0 Å². The molecule has 0 saturated heterocycles. The molecule has 4 heterocycles. The second kappa shape index (κ2) is 6.49. The van der Waals surface area contributed by atoms with Gasteiger partial charge in [-0.2, -0.15) is 4.39 Å². The van der Waals surface area contributed by atoms with Gasteiger partial charge in [-0.15, -0.1) is 11.8 Å². The number of carbonyl (C=O) groups is 1. The molecular weight excluding hydrogens is 359 g/mol. The van der Waals surface area contributed by atoms with Gasteiger partial charge in [-0.3, -0.25) is 4.79 Å². The second-order valence-corrected chi connectivity index (χ2v) is 6.50. The number of anilines is 1. The van der Waals surface area contributed by atoms with Gasteiger partial charge < -0.3 is 19.8 Å². The van der Waals surface area contributed by atoms with E-state index in [0.717, 1.165) is 16.5 Å². The third-order valence-corrected chi connectivity index (χ3v) is 4.49. The van der Waals surface area contributed by atoms with Crippen LogP contribution in [0.4, 0.5) is 10.2 Å². The quantitative estimate of drug-likeness (QED) is 0.683. The normalized spacial score (nSPS) is 15.9. The number of halogens is 1. The fourth-order valence-corrected chi connectivity index (χ4v) is 3.20. The number of aromatic nitrogens is 3. The number of alkyl halides is 1. The van der Waals surface area contributed by atoms with E-state index in [0.29, 0.717) is 28.0 Å². The minimum Gasteiger partial charge on any atom is -0.481 e. The summed E-state index contributed by atoms with van der Waals surface area (Å²) in [5.74, 6) is 0.945. The minimum atomic E-state index is -1.51. The number of amides is 1. The third kappa shape index (κ3) is 2.94. The second-order valence-electron chi connectivity index (χ2n) is 5.68. The van der Waals surface area contributed by atoms with Crippen molar-refractivity contribution in [2.75, 3.05) is 18.2 Å². The maximum Gasteiger partial charge on any atom is 0.272 e. The summed E-state index contributed by atoms with van der Waals surface area (Å²) >= 11 is 1.42. The van der Waals surface area contributed by atoms with Crippen molar-refractivity contribution in [3.63, 3.8) is 0 Å². The molecule has 0 spiro atoms. The molecule has 0 aromatic carbocycles. The number of fused-ring (bicyclic) bond motifs is 2. The summed E-state index contributed by atoms with van der Waals surface area (Å²) in [7, 11) is 0.